The Morgan fingerprint density at radius 2 is 2.36 bits per heavy atom. The molecule has 58 valence electrons. The predicted octanol–water partition coefficient (Wildman–Crippen LogP) is 1.72. The molecule has 0 aliphatic heterocycles. The van der Waals surface area contributed by atoms with Gasteiger partial charge in [0.1, 0.15) is 0 Å². The zero-order valence-electron chi connectivity index (χ0n) is 6.13. The van der Waals surface area contributed by atoms with Crippen molar-refractivity contribution >= 4 is 23.1 Å². The minimum absolute atomic E-state index is 0.264. The lowest BCUT2D eigenvalue weighted by molar-refractivity contribution is -0.132. The van der Waals surface area contributed by atoms with Crippen LogP contribution in [0.5, 0.6) is 0 Å². The van der Waals surface area contributed by atoms with Gasteiger partial charge in [-0.2, -0.15) is 0 Å². The molecule has 0 fully saturated rings. The molecular weight excluding hydrogens is 160 g/mol. The standard InChI is InChI=1S/C8H8O2S/c1-5-2-3-7(11)6(4-5)8(9)10/h2,4H,3H2,1H3,(H,9,10). The molecule has 0 saturated heterocycles. The molecule has 0 bridgehead atoms. The number of aliphatic carboxylic acids is 1. The number of hydrogen-bond acceptors (Lipinski definition) is 2. The topological polar surface area (TPSA) is 37.3 Å². The summed E-state index contributed by atoms with van der Waals surface area (Å²) in [6.45, 7) is 1.87. The first kappa shape index (κ1) is 8.14. The summed E-state index contributed by atoms with van der Waals surface area (Å²) < 4.78 is 0. The van der Waals surface area contributed by atoms with Crippen molar-refractivity contribution < 1.29 is 9.90 Å². The first-order valence-corrected chi connectivity index (χ1v) is 3.67. The van der Waals surface area contributed by atoms with E-state index in [0.29, 0.717) is 11.3 Å². The van der Waals surface area contributed by atoms with E-state index in [1.165, 1.54) is 0 Å². The first-order chi connectivity index (χ1) is 5.11. The molecule has 0 unspecified atom stereocenters. The van der Waals surface area contributed by atoms with E-state index < -0.39 is 5.97 Å². The quantitative estimate of drug-likeness (QED) is 0.606. The summed E-state index contributed by atoms with van der Waals surface area (Å²) in [6, 6.07) is 0. The molecule has 0 amide bonds. The van der Waals surface area contributed by atoms with Crippen molar-refractivity contribution in [1.82, 2.24) is 0 Å². The largest absolute Gasteiger partial charge is 0.478 e. The number of carbonyl (C=O) groups is 1. The fraction of sp³-hybridized carbons (Fsp3) is 0.250. The molecule has 0 aromatic heterocycles. The number of carboxylic acids is 1. The summed E-state index contributed by atoms with van der Waals surface area (Å²) in [5.74, 6) is -0.928. The normalized spacial score (nSPS) is 17.4. The first-order valence-electron chi connectivity index (χ1n) is 3.26. The van der Waals surface area contributed by atoms with Crippen LogP contribution in [0.25, 0.3) is 0 Å². The van der Waals surface area contributed by atoms with Crippen LogP contribution in [-0.2, 0) is 4.79 Å². The van der Waals surface area contributed by atoms with Crippen molar-refractivity contribution in [3.63, 3.8) is 0 Å². The second-order valence-corrected chi connectivity index (χ2v) is 2.93. The smallest absolute Gasteiger partial charge is 0.336 e. The van der Waals surface area contributed by atoms with Gasteiger partial charge in [-0.1, -0.05) is 23.9 Å². The molecule has 11 heavy (non-hydrogen) atoms. The molecule has 1 aliphatic rings. The van der Waals surface area contributed by atoms with Gasteiger partial charge >= 0.3 is 5.97 Å². The van der Waals surface area contributed by atoms with E-state index in [9.17, 15) is 4.79 Å². The highest BCUT2D eigenvalue weighted by Crippen LogP contribution is 2.14. The number of hydrogen-bond donors (Lipinski definition) is 1. The Kier molecular flexibility index (Phi) is 2.19. The summed E-state index contributed by atoms with van der Waals surface area (Å²) in [5.41, 5.74) is 1.23. The van der Waals surface area contributed by atoms with E-state index in [0.717, 1.165) is 5.57 Å². The Labute approximate surface area is 70.2 Å². The average molecular weight is 168 g/mol. The zero-order chi connectivity index (χ0) is 8.43. The van der Waals surface area contributed by atoms with Gasteiger partial charge in [0.15, 0.2) is 0 Å². The van der Waals surface area contributed by atoms with Crippen LogP contribution in [0.3, 0.4) is 0 Å². The third-order valence-corrected chi connectivity index (χ3v) is 1.90. The molecule has 1 aliphatic carbocycles. The summed E-state index contributed by atoms with van der Waals surface area (Å²) >= 11 is 4.86. The highest BCUT2D eigenvalue weighted by Gasteiger charge is 2.14. The van der Waals surface area contributed by atoms with Crippen molar-refractivity contribution in [3.05, 3.63) is 23.3 Å². The van der Waals surface area contributed by atoms with Crippen LogP contribution >= 0.6 is 12.2 Å². The summed E-state index contributed by atoms with van der Waals surface area (Å²) in [4.78, 5) is 11.0. The van der Waals surface area contributed by atoms with Gasteiger partial charge in [0, 0.05) is 11.3 Å². The lowest BCUT2D eigenvalue weighted by atomic mass is 10.0. The molecule has 2 nitrogen and oxygen atoms in total. The molecule has 3 heteroatoms. The van der Waals surface area contributed by atoms with Gasteiger partial charge in [0.2, 0.25) is 0 Å². The van der Waals surface area contributed by atoms with Gasteiger partial charge in [-0.25, -0.2) is 4.79 Å². The van der Waals surface area contributed by atoms with Crippen molar-refractivity contribution in [2.45, 2.75) is 13.3 Å². The molecule has 0 saturated carbocycles. The Morgan fingerprint density at radius 1 is 1.73 bits per heavy atom. The molecule has 0 spiro atoms. The molecule has 0 aromatic carbocycles. The lowest BCUT2D eigenvalue weighted by Gasteiger charge is -2.07. The Balaban J connectivity index is 2.99. The van der Waals surface area contributed by atoms with Crippen LogP contribution in [0, 0.1) is 0 Å². The zero-order valence-corrected chi connectivity index (χ0v) is 6.94. The minimum atomic E-state index is -0.928. The van der Waals surface area contributed by atoms with Crippen LogP contribution in [0.15, 0.2) is 23.3 Å². The average Bonchev–Trinajstić information content (AvgIpc) is 1.94. The Hall–Kier alpha value is -0.960. The number of carboxylic acid groups (broad SMARTS) is 1. The number of rotatable bonds is 1. The molecule has 1 N–H and O–H groups in total. The monoisotopic (exact) mass is 168 g/mol. The van der Waals surface area contributed by atoms with E-state index in [2.05, 4.69) is 0 Å². The Bertz CT molecular complexity index is 274. The van der Waals surface area contributed by atoms with Crippen molar-refractivity contribution in [3.8, 4) is 0 Å². The number of allylic oxidation sites excluding steroid dienone is 3. The van der Waals surface area contributed by atoms with Crippen molar-refractivity contribution in [2.24, 2.45) is 0 Å². The summed E-state index contributed by atoms with van der Waals surface area (Å²) in [6.07, 6.45) is 4.11. The van der Waals surface area contributed by atoms with Crippen LogP contribution in [0.2, 0.25) is 0 Å². The second kappa shape index (κ2) is 2.96. The van der Waals surface area contributed by atoms with Gasteiger partial charge in [-0.3, -0.25) is 0 Å². The van der Waals surface area contributed by atoms with Gasteiger partial charge in [-0.15, -0.1) is 0 Å². The van der Waals surface area contributed by atoms with E-state index in [1.54, 1.807) is 6.08 Å². The van der Waals surface area contributed by atoms with E-state index in [1.807, 2.05) is 13.0 Å². The molecular formula is C8H8O2S. The molecule has 0 aromatic rings. The maximum absolute atomic E-state index is 10.5. The predicted molar refractivity (Wildman–Crippen MR) is 46.7 cm³/mol. The van der Waals surface area contributed by atoms with Gasteiger partial charge in [0.05, 0.1) is 5.57 Å². The summed E-state index contributed by atoms with van der Waals surface area (Å²) in [7, 11) is 0. The van der Waals surface area contributed by atoms with Gasteiger partial charge in [0.25, 0.3) is 0 Å². The van der Waals surface area contributed by atoms with Crippen LogP contribution < -0.4 is 0 Å². The van der Waals surface area contributed by atoms with Crippen molar-refractivity contribution in [1.29, 1.82) is 0 Å². The molecule has 0 heterocycles. The van der Waals surface area contributed by atoms with Gasteiger partial charge in [-0.05, 0) is 13.0 Å². The molecule has 0 radical (unpaired) electrons. The van der Waals surface area contributed by atoms with Gasteiger partial charge < -0.3 is 5.11 Å². The maximum atomic E-state index is 10.5. The highest BCUT2D eigenvalue weighted by atomic mass is 32.1. The number of thiocarbonyl (C=S) groups is 1. The molecule has 1 rings (SSSR count). The third kappa shape index (κ3) is 1.74. The fourth-order valence-corrected chi connectivity index (χ4v) is 1.14. The van der Waals surface area contributed by atoms with E-state index in [4.69, 9.17) is 17.3 Å². The van der Waals surface area contributed by atoms with E-state index >= 15 is 0 Å². The molecule has 0 atom stereocenters. The minimum Gasteiger partial charge on any atom is -0.478 e. The van der Waals surface area contributed by atoms with Crippen molar-refractivity contribution in [2.75, 3.05) is 0 Å². The van der Waals surface area contributed by atoms with Crippen LogP contribution in [0.1, 0.15) is 13.3 Å². The van der Waals surface area contributed by atoms with E-state index in [-0.39, 0.29) is 5.57 Å². The third-order valence-electron chi connectivity index (χ3n) is 1.51. The lowest BCUT2D eigenvalue weighted by Crippen LogP contribution is -2.12. The maximum Gasteiger partial charge on any atom is 0.336 e. The van der Waals surface area contributed by atoms with Crippen LogP contribution in [0.4, 0.5) is 0 Å². The van der Waals surface area contributed by atoms with Crippen LogP contribution in [-0.4, -0.2) is 15.9 Å². The Morgan fingerprint density at radius 3 is 2.82 bits per heavy atom. The highest BCUT2D eigenvalue weighted by molar-refractivity contribution is 7.81. The fourth-order valence-electron chi connectivity index (χ4n) is 0.912. The SMILES string of the molecule is CC1=CCC(=S)C(C(=O)O)=C1. The summed E-state index contributed by atoms with van der Waals surface area (Å²) in [5, 5.41) is 8.64. The second-order valence-electron chi connectivity index (χ2n) is 2.44.